The summed E-state index contributed by atoms with van der Waals surface area (Å²) in [6.07, 6.45) is 0. The van der Waals surface area contributed by atoms with E-state index in [9.17, 15) is 10.2 Å². The molecule has 0 aliphatic rings. The summed E-state index contributed by atoms with van der Waals surface area (Å²) in [7, 11) is 0. The molecule has 20 heavy (non-hydrogen) atoms. The van der Waals surface area contributed by atoms with E-state index in [0.29, 0.717) is 13.1 Å². The lowest BCUT2D eigenvalue weighted by Crippen LogP contribution is -2.28. The van der Waals surface area contributed by atoms with Crippen molar-refractivity contribution < 1.29 is 10.2 Å². The van der Waals surface area contributed by atoms with Gasteiger partial charge in [0.15, 0.2) is 11.5 Å². The second-order valence-corrected chi connectivity index (χ2v) is 4.81. The van der Waals surface area contributed by atoms with Crippen LogP contribution in [0.5, 0.6) is 11.5 Å². The summed E-state index contributed by atoms with van der Waals surface area (Å²) in [5.74, 6) is -0.183. The van der Waals surface area contributed by atoms with Crippen LogP contribution < -0.4 is 5.73 Å². The molecule has 106 valence electrons. The van der Waals surface area contributed by atoms with Crippen molar-refractivity contribution in [1.82, 2.24) is 4.90 Å². The van der Waals surface area contributed by atoms with Crippen LogP contribution in [0, 0.1) is 0 Å². The fraction of sp³-hybridized carbons (Fsp3) is 0.250. The van der Waals surface area contributed by atoms with E-state index in [0.717, 1.165) is 18.7 Å². The molecule has 0 spiro atoms. The normalized spacial score (nSPS) is 10.9. The van der Waals surface area contributed by atoms with Crippen LogP contribution in [-0.2, 0) is 13.1 Å². The van der Waals surface area contributed by atoms with Gasteiger partial charge >= 0.3 is 0 Å². The number of phenolic OH excluding ortho intramolecular Hbond substituents is 2. The highest BCUT2D eigenvalue weighted by Gasteiger charge is 2.08. The minimum atomic E-state index is -0.0952. The van der Waals surface area contributed by atoms with Crippen molar-refractivity contribution >= 4 is 0 Å². The Labute approximate surface area is 119 Å². The predicted octanol–water partition coefficient (Wildman–Crippen LogP) is 2.06. The molecule has 0 unspecified atom stereocenters. The molecule has 0 bridgehead atoms. The van der Waals surface area contributed by atoms with Gasteiger partial charge in [0.1, 0.15) is 0 Å². The van der Waals surface area contributed by atoms with Crippen LogP contribution in [0.15, 0.2) is 48.5 Å². The standard InChI is InChI=1S/C16H20N2O2/c17-8-9-18(11-13-4-2-1-3-5-13)12-14-6-7-15(19)16(20)10-14/h1-7,10,19-20H,8-9,11-12,17H2. The molecular weight excluding hydrogens is 252 g/mol. The second kappa shape index (κ2) is 6.93. The van der Waals surface area contributed by atoms with Gasteiger partial charge in [-0.05, 0) is 23.3 Å². The van der Waals surface area contributed by atoms with Crippen LogP contribution in [0.1, 0.15) is 11.1 Å². The Morgan fingerprint density at radius 1 is 0.850 bits per heavy atom. The third kappa shape index (κ3) is 3.98. The van der Waals surface area contributed by atoms with Gasteiger partial charge in [0.2, 0.25) is 0 Å². The van der Waals surface area contributed by atoms with E-state index in [-0.39, 0.29) is 11.5 Å². The van der Waals surface area contributed by atoms with Crippen LogP contribution >= 0.6 is 0 Å². The van der Waals surface area contributed by atoms with E-state index >= 15 is 0 Å². The summed E-state index contributed by atoms with van der Waals surface area (Å²) in [6.45, 7) is 2.84. The minimum Gasteiger partial charge on any atom is -0.504 e. The fourth-order valence-corrected chi connectivity index (χ4v) is 2.16. The monoisotopic (exact) mass is 272 g/mol. The summed E-state index contributed by atoms with van der Waals surface area (Å²) in [4.78, 5) is 2.21. The Morgan fingerprint density at radius 2 is 1.55 bits per heavy atom. The van der Waals surface area contributed by atoms with E-state index in [2.05, 4.69) is 17.0 Å². The number of rotatable bonds is 6. The Hall–Kier alpha value is -2.04. The molecule has 0 saturated carbocycles. The van der Waals surface area contributed by atoms with Gasteiger partial charge in [0.25, 0.3) is 0 Å². The van der Waals surface area contributed by atoms with E-state index in [1.165, 1.54) is 11.6 Å². The van der Waals surface area contributed by atoms with Gasteiger partial charge in [-0.1, -0.05) is 36.4 Å². The number of aromatic hydroxyl groups is 2. The maximum atomic E-state index is 9.54. The van der Waals surface area contributed by atoms with Gasteiger partial charge in [-0.3, -0.25) is 4.90 Å². The number of hydrogen-bond donors (Lipinski definition) is 3. The van der Waals surface area contributed by atoms with Crippen molar-refractivity contribution in [3.63, 3.8) is 0 Å². The fourth-order valence-electron chi connectivity index (χ4n) is 2.16. The zero-order valence-electron chi connectivity index (χ0n) is 11.4. The number of hydrogen-bond acceptors (Lipinski definition) is 4. The maximum absolute atomic E-state index is 9.54. The molecule has 0 aromatic heterocycles. The van der Waals surface area contributed by atoms with E-state index in [1.807, 2.05) is 24.3 Å². The molecule has 4 heteroatoms. The molecule has 0 fully saturated rings. The van der Waals surface area contributed by atoms with Gasteiger partial charge in [-0.2, -0.15) is 0 Å². The molecule has 0 aliphatic carbocycles. The summed E-state index contributed by atoms with van der Waals surface area (Å²) < 4.78 is 0. The molecule has 4 N–H and O–H groups in total. The molecule has 0 heterocycles. The van der Waals surface area contributed by atoms with Crippen molar-refractivity contribution in [2.45, 2.75) is 13.1 Å². The van der Waals surface area contributed by atoms with E-state index < -0.39 is 0 Å². The molecular formula is C16H20N2O2. The van der Waals surface area contributed by atoms with Crippen LogP contribution in [0.4, 0.5) is 0 Å². The average molecular weight is 272 g/mol. The topological polar surface area (TPSA) is 69.7 Å². The molecule has 0 aliphatic heterocycles. The first kappa shape index (κ1) is 14.4. The molecule has 0 radical (unpaired) electrons. The third-order valence-electron chi connectivity index (χ3n) is 3.14. The van der Waals surface area contributed by atoms with Crippen molar-refractivity contribution in [3.05, 3.63) is 59.7 Å². The van der Waals surface area contributed by atoms with Crippen molar-refractivity contribution in [2.75, 3.05) is 13.1 Å². The highest BCUT2D eigenvalue weighted by molar-refractivity contribution is 5.40. The SMILES string of the molecule is NCCN(Cc1ccccc1)Cc1ccc(O)c(O)c1. The molecule has 0 amide bonds. The summed E-state index contributed by atoms with van der Waals surface area (Å²) in [5, 5.41) is 18.9. The Kier molecular flexibility index (Phi) is 4.98. The molecule has 2 aromatic rings. The van der Waals surface area contributed by atoms with E-state index in [4.69, 9.17) is 5.73 Å². The van der Waals surface area contributed by atoms with Gasteiger partial charge in [0.05, 0.1) is 0 Å². The third-order valence-corrected chi connectivity index (χ3v) is 3.14. The smallest absolute Gasteiger partial charge is 0.157 e. The zero-order chi connectivity index (χ0) is 14.4. The molecule has 2 rings (SSSR count). The minimum absolute atomic E-state index is 0.0880. The molecule has 2 aromatic carbocycles. The van der Waals surface area contributed by atoms with Crippen LogP contribution in [0.3, 0.4) is 0 Å². The van der Waals surface area contributed by atoms with Crippen LogP contribution in [-0.4, -0.2) is 28.2 Å². The number of nitrogens with two attached hydrogens (primary N) is 1. The average Bonchev–Trinajstić information content (AvgIpc) is 2.44. The predicted molar refractivity (Wildman–Crippen MR) is 79.4 cm³/mol. The van der Waals surface area contributed by atoms with Gasteiger partial charge < -0.3 is 15.9 Å². The van der Waals surface area contributed by atoms with Gasteiger partial charge in [-0.15, -0.1) is 0 Å². The van der Waals surface area contributed by atoms with Gasteiger partial charge in [-0.25, -0.2) is 0 Å². The molecule has 0 saturated heterocycles. The quantitative estimate of drug-likeness (QED) is 0.704. The zero-order valence-corrected chi connectivity index (χ0v) is 11.4. The molecule has 4 nitrogen and oxygen atoms in total. The summed E-state index contributed by atoms with van der Waals surface area (Å²) in [5.41, 5.74) is 7.83. The lowest BCUT2D eigenvalue weighted by molar-refractivity contribution is 0.264. The number of phenols is 2. The highest BCUT2D eigenvalue weighted by atomic mass is 16.3. The first-order valence-electron chi connectivity index (χ1n) is 6.66. The van der Waals surface area contributed by atoms with Gasteiger partial charge in [0, 0.05) is 26.2 Å². The largest absolute Gasteiger partial charge is 0.504 e. The summed E-state index contributed by atoms with van der Waals surface area (Å²) in [6, 6.07) is 15.1. The van der Waals surface area contributed by atoms with Crippen molar-refractivity contribution in [1.29, 1.82) is 0 Å². The maximum Gasteiger partial charge on any atom is 0.157 e. The van der Waals surface area contributed by atoms with Crippen molar-refractivity contribution in [3.8, 4) is 11.5 Å². The Morgan fingerprint density at radius 3 is 2.20 bits per heavy atom. The number of benzene rings is 2. The number of nitrogens with zero attached hydrogens (tertiary/aromatic N) is 1. The lowest BCUT2D eigenvalue weighted by atomic mass is 10.1. The van der Waals surface area contributed by atoms with Crippen molar-refractivity contribution in [2.24, 2.45) is 5.73 Å². The van der Waals surface area contributed by atoms with Crippen LogP contribution in [0.2, 0.25) is 0 Å². The second-order valence-electron chi connectivity index (χ2n) is 4.81. The Bertz CT molecular complexity index is 543. The molecule has 0 atom stereocenters. The summed E-state index contributed by atoms with van der Waals surface area (Å²) >= 11 is 0. The first-order valence-corrected chi connectivity index (χ1v) is 6.66. The Balaban J connectivity index is 2.06. The van der Waals surface area contributed by atoms with E-state index in [1.54, 1.807) is 6.07 Å². The van der Waals surface area contributed by atoms with Crippen LogP contribution in [0.25, 0.3) is 0 Å². The first-order chi connectivity index (χ1) is 9.69. The lowest BCUT2D eigenvalue weighted by Gasteiger charge is -2.22. The highest BCUT2D eigenvalue weighted by Crippen LogP contribution is 2.25.